The van der Waals surface area contributed by atoms with Crippen LogP contribution in [0, 0.1) is 0 Å². The first-order chi connectivity index (χ1) is 13.8. The number of halogens is 3. The lowest BCUT2D eigenvalue weighted by atomic mass is 10.2. The van der Waals surface area contributed by atoms with Crippen molar-refractivity contribution in [1.82, 2.24) is 15.0 Å². The molecule has 0 saturated carbocycles. The molecule has 1 aromatic heterocycles. The number of benzene rings is 2. The van der Waals surface area contributed by atoms with E-state index in [0.29, 0.717) is 10.9 Å². The predicted octanol–water partition coefficient (Wildman–Crippen LogP) is 3.32. The summed E-state index contributed by atoms with van der Waals surface area (Å²) in [4.78, 5) is 36.8. The van der Waals surface area contributed by atoms with Crippen LogP contribution in [0.2, 0.25) is 15.1 Å². The van der Waals surface area contributed by atoms with Crippen molar-refractivity contribution in [2.24, 2.45) is 0 Å². The Hall–Kier alpha value is -2.68. The Balaban J connectivity index is 1.66. The van der Waals surface area contributed by atoms with Gasteiger partial charge in [0.1, 0.15) is 12.1 Å². The Morgan fingerprint density at radius 1 is 1.14 bits per heavy atom. The lowest BCUT2D eigenvalue weighted by Crippen LogP contribution is -2.34. The number of ether oxygens (including phenoxy) is 1. The van der Waals surface area contributed by atoms with Gasteiger partial charge in [0.25, 0.3) is 11.5 Å². The molecule has 0 radical (unpaired) electrons. The van der Waals surface area contributed by atoms with Crippen molar-refractivity contribution in [2.75, 3.05) is 5.32 Å². The molecular weight excluding hydrogens is 443 g/mol. The predicted molar refractivity (Wildman–Crippen MR) is 109 cm³/mol. The van der Waals surface area contributed by atoms with E-state index in [1.807, 2.05) is 0 Å². The lowest BCUT2D eigenvalue weighted by Gasteiger charge is -2.15. The second-order valence-corrected chi connectivity index (χ2v) is 7.16. The van der Waals surface area contributed by atoms with E-state index in [4.69, 9.17) is 39.5 Å². The molecule has 0 aliphatic carbocycles. The van der Waals surface area contributed by atoms with E-state index in [1.165, 1.54) is 19.1 Å². The number of carbonyl (C=O) groups is 2. The molecule has 0 bridgehead atoms. The van der Waals surface area contributed by atoms with Gasteiger partial charge in [-0.15, -0.1) is 5.10 Å². The van der Waals surface area contributed by atoms with Crippen LogP contribution in [0.4, 0.5) is 5.69 Å². The Morgan fingerprint density at radius 2 is 1.83 bits per heavy atom. The quantitative estimate of drug-likeness (QED) is 0.467. The molecular formula is C18H13Cl3N4O4. The zero-order chi connectivity index (χ0) is 21.1. The standard InChI is InChI=1S/C18H13Cl3N4O4/c1-9(17(27)22-15-7-12(20)11(19)6-13(15)21)29-16(26)8-25-18(28)10-4-2-3-5-14(10)23-24-25/h2-7,9H,8H2,1H3,(H,22,27). The Bertz CT molecular complexity index is 1170. The third kappa shape index (κ3) is 4.84. The van der Waals surface area contributed by atoms with Gasteiger partial charge >= 0.3 is 5.97 Å². The van der Waals surface area contributed by atoms with Crippen LogP contribution < -0.4 is 10.9 Å². The zero-order valence-electron chi connectivity index (χ0n) is 14.9. The smallest absolute Gasteiger partial charge is 0.328 e. The number of esters is 1. The fraction of sp³-hybridized carbons (Fsp3) is 0.167. The first-order valence-electron chi connectivity index (χ1n) is 8.23. The highest BCUT2D eigenvalue weighted by Gasteiger charge is 2.20. The maximum absolute atomic E-state index is 12.4. The van der Waals surface area contributed by atoms with Crippen LogP contribution in [0.25, 0.3) is 10.9 Å². The SMILES string of the molecule is CC(OC(=O)Cn1nnc2ccccc2c1=O)C(=O)Nc1cc(Cl)c(Cl)cc1Cl. The van der Waals surface area contributed by atoms with E-state index in [-0.39, 0.29) is 20.8 Å². The number of nitrogens with one attached hydrogen (secondary N) is 1. The van der Waals surface area contributed by atoms with Crippen LogP contribution >= 0.6 is 34.8 Å². The van der Waals surface area contributed by atoms with Crippen LogP contribution in [0.5, 0.6) is 0 Å². The summed E-state index contributed by atoms with van der Waals surface area (Å²) in [5.41, 5.74) is 0.131. The van der Waals surface area contributed by atoms with Gasteiger partial charge < -0.3 is 10.1 Å². The van der Waals surface area contributed by atoms with Crippen LogP contribution in [0.3, 0.4) is 0 Å². The molecule has 2 aromatic carbocycles. The fourth-order valence-electron chi connectivity index (χ4n) is 2.39. The highest BCUT2D eigenvalue weighted by Crippen LogP contribution is 2.32. The molecule has 0 aliphatic rings. The third-order valence-electron chi connectivity index (χ3n) is 3.85. The van der Waals surface area contributed by atoms with Gasteiger partial charge in [-0.05, 0) is 31.2 Å². The number of hydrogen-bond donors (Lipinski definition) is 1. The number of carbonyl (C=O) groups excluding carboxylic acids is 2. The van der Waals surface area contributed by atoms with Crippen molar-refractivity contribution in [3.8, 4) is 0 Å². The van der Waals surface area contributed by atoms with E-state index in [2.05, 4.69) is 15.6 Å². The van der Waals surface area contributed by atoms with E-state index in [1.54, 1.807) is 24.3 Å². The average molecular weight is 456 g/mol. The van der Waals surface area contributed by atoms with E-state index in [0.717, 1.165) is 4.68 Å². The highest BCUT2D eigenvalue weighted by molar-refractivity contribution is 6.44. The summed E-state index contributed by atoms with van der Waals surface area (Å²) in [5, 5.41) is 11.0. The largest absolute Gasteiger partial charge is 0.451 e. The Morgan fingerprint density at radius 3 is 2.59 bits per heavy atom. The van der Waals surface area contributed by atoms with Crippen LogP contribution in [-0.2, 0) is 20.9 Å². The molecule has 0 fully saturated rings. The number of nitrogens with zero attached hydrogens (tertiary/aromatic N) is 3. The molecule has 1 atom stereocenters. The monoisotopic (exact) mass is 454 g/mol. The molecule has 1 amide bonds. The Labute approximate surface area is 179 Å². The minimum absolute atomic E-state index is 0.171. The molecule has 3 aromatic rings. The molecule has 0 aliphatic heterocycles. The number of fused-ring (bicyclic) bond motifs is 1. The van der Waals surface area contributed by atoms with Crippen molar-refractivity contribution in [2.45, 2.75) is 19.6 Å². The maximum Gasteiger partial charge on any atom is 0.328 e. The zero-order valence-corrected chi connectivity index (χ0v) is 17.1. The van der Waals surface area contributed by atoms with Crippen LogP contribution in [0.15, 0.2) is 41.2 Å². The fourth-order valence-corrected chi connectivity index (χ4v) is 2.98. The number of rotatable bonds is 5. The molecule has 11 heteroatoms. The minimum Gasteiger partial charge on any atom is -0.451 e. The van der Waals surface area contributed by atoms with E-state index in [9.17, 15) is 14.4 Å². The van der Waals surface area contributed by atoms with Gasteiger partial charge in [-0.25, -0.2) is 0 Å². The van der Waals surface area contributed by atoms with Crippen LogP contribution in [0.1, 0.15) is 6.92 Å². The van der Waals surface area contributed by atoms with Gasteiger partial charge in [-0.3, -0.25) is 14.4 Å². The molecule has 1 heterocycles. The first-order valence-corrected chi connectivity index (χ1v) is 9.37. The summed E-state index contributed by atoms with van der Waals surface area (Å²) in [6.07, 6.45) is -1.17. The summed E-state index contributed by atoms with van der Waals surface area (Å²) in [6, 6.07) is 9.35. The molecule has 0 spiro atoms. The second-order valence-electron chi connectivity index (χ2n) is 5.94. The molecule has 8 nitrogen and oxygen atoms in total. The third-order valence-corrected chi connectivity index (χ3v) is 4.89. The van der Waals surface area contributed by atoms with Crippen molar-refractivity contribution in [1.29, 1.82) is 0 Å². The Kier molecular flexibility index (Phi) is 6.36. The molecule has 0 saturated heterocycles. The number of anilines is 1. The van der Waals surface area contributed by atoms with Crippen molar-refractivity contribution >= 4 is 63.3 Å². The van der Waals surface area contributed by atoms with Crippen molar-refractivity contribution < 1.29 is 14.3 Å². The molecule has 1 unspecified atom stereocenters. The van der Waals surface area contributed by atoms with E-state index >= 15 is 0 Å². The summed E-state index contributed by atoms with van der Waals surface area (Å²) < 4.78 is 5.93. The number of aromatic nitrogens is 3. The lowest BCUT2D eigenvalue weighted by molar-refractivity contribution is -0.154. The summed E-state index contributed by atoms with van der Waals surface area (Å²) in [5.74, 6) is -1.48. The molecule has 29 heavy (non-hydrogen) atoms. The van der Waals surface area contributed by atoms with E-state index < -0.39 is 30.1 Å². The number of hydrogen-bond acceptors (Lipinski definition) is 6. The van der Waals surface area contributed by atoms with Crippen LogP contribution in [-0.4, -0.2) is 33.0 Å². The first kappa shape index (κ1) is 21.0. The summed E-state index contributed by atoms with van der Waals surface area (Å²) >= 11 is 17.8. The second kappa shape index (κ2) is 8.77. The number of amides is 1. The van der Waals surface area contributed by atoms with Gasteiger partial charge in [0.15, 0.2) is 6.10 Å². The summed E-state index contributed by atoms with van der Waals surface area (Å²) in [7, 11) is 0. The summed E-state index contributed by atoms with van der Waals surface area (Å²) in [6.45, 7) is 0.870. The normalized spacial score (nSPS) is 11.9. The van der Waals surface area contributed by atoms with Gasteiger partial charge in [-0.1, -0.05) is 52.1 Å². The van der Waals surface area contributed by atoms with Gasteiger partial charge in [-0.2, -0.15) is 4.68 Å². The molecule has 1 N–H and O–H groups in total. The topological polar surface area (TPSA) is 103 Å². The average Bonchev–Trinajstić information content (AvgIpc) is 2.68. The van der Waals surface area contributed by atoms with Crippen molar-refractivity contribution in [3.63, 3.8) is 0 Å². The highest BCUT2D eigenvalue weighted by atomic mass is 35.5. The van der Waals surface area contributed by atoms with Gasteiger partial charge in [0, 0.05) is 0 Å². The minimum atomic E-state index is -1.17. The molecule has 150 valence electrons. The van der Waals surface area contributed by atoms with Gasteiger partial charge in [0.2, 0.25) is 0 Å². The van der Waals surface area contributed by atoms with Crippen molar-refractivity contribution in [3.05, 3.63) is 61.8 Å². The molecule has 3 rings (SSSR count). The van der Waals surface area contributed by atoms with Gasteiger partial charge in [0.05, 0.1) is 26.1 Å². The maximum atomic E-state index is 12.4.